The first-order valence-electron chi connectivity index (χ1n) is 6.77. The molecule has 0 unspecified atom stereocenters. The van der Waals surface area contributed by atoms with E-state index >= 15 is 0 Å². The zero-order valence-electron chi connectivity index (χ0n) is 12.2. The van der Waals surface area contributed by atoms with Gasteiger partial charge in [0.25, 0.3) is 0 Å². The number of fused-ring (bicyclic) bond motifs is 1. The number of rotatable bonds is 3. The van der Waals surface area contributed by atoms with Crippen molar-refractivity contribution < 1.29 is 0 Å². The third-order valence-electron chi connectivity index (χ3n) is 3.60. The standard InChI is InChI=1S/C15H16BrClN4/c1-9-5-4-6-11(13(9)16)21-12(7-8-17)18-14-10(2)19-20(3)15(14)21/h4-6H,7-8H2,1-3H3. The molecule has 2 aromatic heterocycles. The van der Waals surface area contributed by atoms with Crippen LogP contribution in [0, 0.1) is 13.8 Å². The fraction of sp³-hybridized carbons (Fsp3) is 0.333. The first-order valence-corrected chi connectivity index (χ1v) is 8.09. The number of aromatic nitrogens is 4. The Kier molecular flexibility index (Phi) is 3.80. The summed E-state index contributed by atoms with van der Waals surface area (Å²) < 4.78 is 5.10. The van der Waals surface area contributed by atoms with Gasteiger partial charge in [-0.05, 0) is 41.4 Å². The number of alkyl halides is 1. The minimum absolute atomic E-state index is 0.541. The van der Waals surface area contributed by atoms with Crippen LogP contribution in [-0.2, 0) is 13.5 Å². The molecule has 3 rings (SSSR count). The lowest BCUT2D eigenvalue weighted by Crippen LogP contribution is -2.07. The monoisotopic (exact) mass is 366 g/mol. The summed E-state index contributed by atoms with van der Waals surface area (Å²) in [6, 6.07) is 6.21. The van der Waals surface area contributed by atoms with E-state index in [0.717, 1.165) is 39.3 Å². The van der Waals surface area contributed by atoms with E-state index in [2.05, 4.69) is 50.7 Å². The minimum atomic E-state index is 0.541. The third-order valence-corrected chi connectivity index (χ3v) is 4.82. The highest BCUT2D eigenvalue weighted by atomic mass is 79.9. The average Bonchev–Trinajstić information content (AvgIpc) is 2.93. The Morgan fingerprint density at radius 3 is 2.76 bits per heavy atom. The van der Waals surface area contributed by atoms with Gasteiger partial charge in [0.15, 0.2) is 5.65 Å². The maximum absolute atomic E-state index is 5.95. The lowest BCUT2D eigenvalue weighted by atomic mass is 10.2. The molecular weight excluding hydrogens is 352 g/mol. The van der Waals surface area contributed by atoms with E-state index in [-0.39, 0.29) is 0 Å². The van der Waals surface area contributed by atoms with Crippen molar-refractivity contribution in [3.8, 4) is 5.69 Å². The SMILES string of the molecule is Cc1cccc(-n2c(CCCl)nc3c(C)nn(C)c32)c1Br. The minimum Gasteiger partial charge on any atom is -0.280 e. The number of benzene rings is 1. The highest BCUT2D eigenvalue weighted by molar-refractivity contribution is 9.10. The fourth-order valence-corrected chi connectivity index (χ4v) is 3.24. The molecule has 110 valence electrons. The van der Waals surface area contributed by atoms with Gasteiger partial charge in [0, 0.05) is 23.8 Å². The van der Waals surface area contributed by atoms with Gasteiger partial charge in [-0.25, -0.2) is 9.67 Å². The van der Waals surface area contributed by atoms with Gasteiger partial charge in [-0.2, -0.15) is 5.10 Å². The van der Waals surface area contributed by atoms with Crippen LogP contribution in [0.25, 0.3) is 16.9 Å². The molecule has 2 heterocycles. The number of aryl methyl sites for hydroxylation is 4. The van der Waals surface area contributed by atoms with Crippen LogP contribution in [0.15, 0.2) is 22.7 Å². The van der Waals surface area contributed by atoms with Crippen LogP contribution in [0.4, 0.5) is 0 Å². The molecule has 0 N–H and O–H groups in total. The smallest absolute Gasteiger partial charge is 0.163 e. The first-order chi connectivity index (χ1) is 10.0. The van der Waals surface area contributed by atoms with E-state index in [4.69, 9.17) is 16.6 Å². The Labute approximate surface area is 136 Å². The van der Waals surface area contributed by atoms with E-state index in [0.29, 0.717) is 5.88 Å². The Hall–Kier alpha value is -1.33. The second-order valence-electron chi connectivity index (χ2n) is 5.09. The van der Waals surface area contributed by atoms with Crippen molar-refractivity contribution in [3.05, 3.63) is 39.8 Å². The van der Waals surface area contributed by atoms with Gasteiger partial charge in [-0.15, -0.1) is 11.6 Å². The van der Waals surface area contributed by atoms with Crippen LogP contribution >= 0.6 is 27.5 Å². The van der Waals surface area contributed by atoms with E-state index in [1.807, 2.05) is 18.7 Å². The van der Waals surface area contributed by atoms with E-state index in [1.165, 1.54) is 5.56 Å². The topological polar surface area (TPSA) is 35.6 Å². The van der Waals surface area contributed by atoms with Gasteiger partial charge >= 0.3 is 0 Å². The Morgan fingerprint density at radius 2 is 2.05 bits per heavy atom. The van der Waals surface area contributed by atoms with E-state index in [1.54, 1.807) is 0 Å². The summed E-state index contributed by atoms with van der Waals surface area (Å²) in [5, 5.41) is 4.47. The average molecular weight is 368 g/mol. The third kappa shape index (κ3) is 2.28. The van der Waals surface area contributed by atoms with Crippen molar-refractivity contribution >= 4 is 38.7 Å². The zero-order chi connectivity index (χ0) is 15.1. The number of halogens is 2. The van der Waals surface area contributed by atoms with Crippen LogP contribution in [-0.4, -0.2) is 25.2 Å². The summed E-state index contributed by atoms with van der Waals surface area (Å²) in [4.78, 5) is 4.74. The summed E-state index contributed by atoms with van der Waals surface area (Å²) in [7, 11) is 1.95. The molecule has 0 saturated carbocycles. The lowest BCUT2D eigenvalue weighted by molar-refractivity contribution is 0.750. The Morgan fingerprint density at radius 1 is 1.29 bits per heavy atom. The maximum atomic E-state index is 5.95. The molecule has 0 aliphatic rings. The van der Waals surface area contributed by atoms with Crippen molar-refractivity contribution in [2.75, 3.05) is 5.88 Å². The molecule has 0 atom stereocenters. The largest absolute Gasteiger partial charge is 0.280 e. The predicted molar refractivity (Wildman–Crippen MR) is 89.4 cm³/mol. The van der Waals surface area contributed by atoms with Gasteiger partial charge in [0.2, 0.25) is 0 Å². The molecule has 6 heteroatoms. The van der Waals surface area contributed by atoms with Crippen molar-refractivity contribution in [1.82, 2.24) is 19.3 Å². The van der Waals surface area contributed by atoms with Crippen LogP contribution in [0.2, 0.25) is 0 Å². The van der Waals surface area contributed by atoms with Crippen molar-refractivity contribution in [2.24, 2.45) is 7.05 Å². The van der Waals surface area contributed by atoms with Gasteiger partial charge in [-0.1, -0.05) is 12.1 Å². The molecule has 0 radical (unpaired) electrons. The fourth-order valence-electron chi connectivity index (χ4n) is 2.63. The quantitative estimate of drug-likeness (QED) is 0.658. The normalized spacial score (nSPS) is 11.5. The van der Waals surface area contributed by atoms with Gasteiger partial charge in [0.05, 0.1) is 11.4 Å². The number of hydrogen-bond donors (Lipinski definition) is 0. The first kappa shape index (κ1) is 14.6. The molecule has 21 heavy (non-hydrogen) atoms. The predicted octanol–water partition coefficient (Wildman–Crippen LogP) is 3.92. The molecule has 3 aromatic rings. The second kappa shape index (κ2) is 5.46. The van der Waals surface area contributed by atoms with Crippen LogP contribution in [0.3, 0.4) is 0 Å². The summed E-state index contributed by atoms with van der Waals surface area (Å²) in [6.45, 7) is 4.06. The lowest BCUT2D eigenvalue weighted by Gasteiger charge is -2.12. The highest BCUT2D eigenvalue weighted by Crippen LogP contribution is 2.30. The second-order valence-corrected chi connectivity index (χ2v) is 6.26. The van der Waals surface area contributed by atoms with Gasteiger partial charge in [0.1, 0.15) is 11.3 Å². The van der Waals surface area contributed by atoms with Gasteiger partial charge in [-0.3, -0.25) is 4.57 Å². The van der Waals surface area contributed by atoms with Crippen LogP contribution in [0.1, 0.15) is 17.1 Å². The highest BCUT2D eigenvalue weighted by Gasteiger charge is 2.19. The molecule has 1 aromatic carbocycles. The van der Waals surface area contributed by atoms with Crippen LogP contribution < -0.4 is 0 Å². The summed E-state index contributed by atoms with van der Waals surface area (Å²) >= 11 is 9.65. The molecule has 0 bridgehead atoms. The zero-order valence-corrected chi connectivity index (χ0v) is 14.5. The maximum Gasteiger partial charge on any atom is 0.163 e. The number of nitrogens with zero attached hydrogens (tertiary/aromatic N) is 4. The molecule has 4 nitrogen and oxygen atoms in total. The van der Waals surface area contributed by atoms with E-state index in [9.17, 15) is 0 Å². The van der Waals surface area contributed by atoms with Crippen LogP contribution in [0.5, 0.6) is 0 Å². The number of imidazole rings is 1. The summed E-state index contributed by atoms with van der Waals surface area (Å²) in [5.41, 5.74) is 5.13. The molecular formula is C15H16BrClN4. The molecule has 0 aliphatic heterocycles. The van der Waals surface area contributed by atoms with Crippen molar-refractivity contribution in [2.45, 2.75) is 20.3 Å². The Bertz CT molecular complexity index is 819. The molecule has 0 fully saturated rings. The number of hydrogen-bond acceptors (Lipinski definition) is 2. The van der Waals surface area contributed by atoms with Gasteiger partial charge < -0.3 is 0 Å². The van der Waals surface area contributed by atoms with E-state index < -0.39 is 0 Å². The molecule has 0 saturated heterocycles. The summed E-state index contributed by atoms with van der Waals surface area (Å²) in [6.07, 6.45) is 0.718. The molecule has 0 spiro atoms. The Balaban J connectivity index is 2.38. The van der Waals surface area contributed by atoms with Crippen molar-refractivity contribution in [1.29, 1.82) is 0 Å². The molecule has 0 amide bonds. The molecule has 0 aliphatic carbocycles. The van der Waals surface area contributed by atoms with Crippen molar-refractivity contribution in [3.63, 3.8) is 0 Å². The summed E-state index contributed by atoms with van der Waals surface area (Å²) in [5.74, 6) is 1.50.